The molecule has 0 atom stereocenters. The van der Waals surface area contributed by atoms with Gasteiger partial charge < -0.3 is 4.98 Å². The molecule has 0 aliphatic heterocycles. The van der Waals surface area contributed by atoms with Crippen LogP contribution in [0.25, 0.3) is 10.9 Å². The van der Waals surface area contributed by atoms with Crippen LogP contribution in [0.1, 0.15) is 38.9 Å². The van der Waals surface area contributed by atoms with Crippen molar-refractivity contribution < 1.29 is 8.42 Å². The van der Waals surface area contributed by atoms with E-state index in [1.807, 2.05) is 71.0 Å². The van der Waals surface area contributed by atoms with E-state index in [1.165, 1.54) is 4.31 Å². The van der Waals surface area contributed by atoms with Crippen LogP contribution in [0.2, 0.25) is 0 Å². The summed E-state index contributed by atoms with van der Waals surface area (Å²) < 4.78 is 29.3. The van der Waals surface area contributed by atoms with Crippen LogP contribution in [0.15, 0.2) is 64.5 Å². The van der Waals surface area contributed by atoms with E-state index in [9.17, 15) is 13.2 Å². The Kier molecular flexibility index (Phi) is 6.43. The third-order valence-electron chi connectivity index (χ3n) is 6.15. The van der Waals surface area contributed by atoms with E-state index in [0.717, 1.165) is 33.2 Å². The lowest BCUT2D eigenvalue weighted by molar-refractivity contribution is 0.399. The number of aromatic nitrogens is 2. The summed E-state index contributed by atoms with van der Waals surface area (Å²) in [6, 6.07) is 13.1. The fourth-order valence-corrected chi connectivity index (χ4v) is 6.37. The van der Waals surface area contributed by atoms with Gasteiger partial charge in [0.2, 0.25) is 10.0 Å². The number of benzene rings is 2. The van der Waals surface area contributed by atoms with E-state index in [1.54, 1.807) is 18.5 Å². The first kappa shape index (κ1) is 23.9. The highest BCUT2D eigenvalue weighted by Crippen LogP contribution is 2.28. The summed E-state index contributed by atoms with van der Waals surface area (Å²) in [5.41, 5.74) is 6.00. The molecule has 2 heterocycles. The van der Waals surface area contributed by atoms with Gasteiger partial charge in [-0.05, 0) is 74.6 Å². The topological polar surface area (TPSA) is 83.1 Å². The van der Waals surface area contributed by atoms with Crippen molar-refractivity contribution >= 4 is 20.9 Å². The van der Waals surface area contributed by atoms with Crippen LogP contribution in [0.3, 0.4) is 0 Å². The van der Waals surface area contributed by atoms with Gasteiger partial charge in [-0.3, -0.25) is 9.78 Å². The largest absolute Gasteiger partial charge is 0.321 e. The summed E-state index contributed by atoms with van der Waals surface area (Å²) in [6.45, 7) is 9.54. The normalized spacial score (nSPS) is 11.9. The molecule has 4 rings (SSSR count). The van der Waals surface area contributed by atoms with Crippen LogP contribution in [-0.2, 0) is 23.1 Å². The molecule has 0 aliphatic carbocycles. The number of fused-ring (bicyclic) bond motifs is 1. The average Bonchev–Trinajstić information content (AvgIpc) is 2.76. The van der Waals surface area contributed by atoms with Gasteiger partial charge in [-0.15, -0.1) is 0 Å². The summed E-state index contributed by atoms with van der Waals surface area (Å²) >= 11 is 0. The molecule has 34 heavy (non-hydrogen) atoms. The summed E-state index contributed by atoms with van der Waals surface area (Å²) in [5, 5.41) is 0.913. The van der Waals surface area contributed by atoms with Crippen molar-refractivity contribution in [1.29, 1.82) is 0 Å². The Morgan fingerprint density at radius 2 is 1.56 bits per heavy atom. The van der Waals surface area contributed by atoms with Gasteiger partial charge in [0.15, 0.2) is 0 Å². The van der Waals surface area contributed by atoms with Crippen molar-refractivity contribution in [3.63, 3.8) is 0 Å². The molecule has 0 amide bonds. The first-order valence-electron chi connectivity index (χ1n) is 11.2. The minimum Gasteiger partial charge on any atom is -0.321 e. The minimum absolute atomic E-state index is 0.0529. The van der Waals surface area contributed by atoms with Crippen molar-refractivity contribution in [3.05, 3.63) is 104 Å². The highest BCUT2D eigenvalue weighted by Gasteiger charge is 2.29. The van der Waals surface area contributed by atoms with Crippen molar-refractivity contribution in [2.45, 2.75) is 52.6 Å². The predicted octanol–water partition coefficient (Wildman–Crippen LogP) is 4.86. The number of rotatable bonds is 6. The third kappa shape index (κ3) is 4.54. The lowest BCUT2D eigenvalue weighted by atomic mass is 10.0. The molecule has 0 radical (unpaired) electrons. The monoisotopic (exact) mass is 475 g/mol. The van der Waals surface area contributed by atoms with Crippen molar-refractivity contribution in [2.24, 2.45) is 0 Å². The van der Waals surface area contributed by atoms with Gasteiger partial charge in [0, 0.05) is 36.4 Å². The fourth-order valence-electron chi connectivity index (χ4n) is 4.55. The fraction of sp³-hybridized carbons (Fsp3) is 0.259. The predicted molar refractivity (Wildman–Crippen MR) is 135 cm³/mol. The Hall–Kier alpha value is -3.29. The first-order valence-corrected chi connectivity index (χ1v) is 12.6. The minimum atomic E-state index is -3.91. The zero-order valence-corrected chi connectivity index (χ0v) is 21.0. The molecule has 0 bridgehead atoms. The molecule has 0 aliphatic rings. The number of aryl methyl sites for hydroxylation is 5. The summed E-state index contributed by atoms with van der Waals surface area (Å²) in [5.74, 6) is 0. The molecule has 0 saturated carbocycles. The van der Waals surface area contributed by atoms with Crippen molar-refractivity contribution in [1.82, 2.24) is 14.3 Å². The highest BCUT2D eigenvalue weighted by molar-refractivity contribution is 7.89. The highest BCUT2D eigenvalue weighted by atomic mass is 32.2. The summed E-state index contributed by atoms with van der Waals surface area (Å²) in [4.78, 5) is 20.4. The molecule has 0 saturated heterocycles. The number of aromatic amines is 1. The molecular weight excluding hydrogens is 446 g/mol. The number of hydrogen-bond donors (Lipinski definition) is 1. The smallest absolute Gasteiger partial charge is 0.252 e. The number of pyridine rings is 2. The Labute approximate surface area is 200 Å². The van der Waals surface area contributed by atoms with Gasteiger partial charge in [0.05, 0.1) is 10.4 Å². The van der Waals surface area contributed by atoms with Crippen molar-refractivity contribution in [3.8, 4) is 0 Å². The quantitative estimate of drug-likeness (QED) is 0.432. The van der Waals surface area contributed by atoms with E-state index in [4.69, 9.17) is 0 Å². The van der Waals surface area contributed by atoms with Gasteiger partial charge in [0.1, 0.15) is 0 Å². The number of hydrogen-bond acceptors (Lipinski definition) is 4. The van der Waals surface area contributed by atoms with E-state index >= 15 is 0 Å². The molecule has 4 aromatic rings. The van der Waals surface area contributed by atoms with Crippen LogP contribution in [0, 0.1) is 34.6 Å². The number of H-pyrrole nitrogens is 1. The molecule has 0 spiro atoms. The Bertz CT molecular complexity index is 1520. The van der Waals surface area contributed by atoms with Gasteiger partial charge >= 0.3 is 0 Å². The third-order valence-corrected chi connectivity index (χ3v) is 8.25. The molecule has 7 heteroatoms. The summed E-state index contributed by atoms with van der Waals surface area (Å²) in [6.07, 6.45) is 3.30. The molecular formula is C27H29N3O3S. The van der Waals surface area contributed by atoms with Gasteiger partial charge in [-0.25, -0.2) is 8.42 Å². The number of nitrogens with zero attached hydrogens (tertiary/aromatic N) is 2. The maximum Gasteiger partial charge on any atom is 0.252 e. The van der Waals surface area contributed by atoms with Gasteiger partial charge in [-0.1, -0.05) is 35.9 Å². The SMILES string of the molecule is Cc1cc(C)c(S(=O)(=O)N(Cc2cccnc2)Cc2cc3c(C)ccc(C)c3[nH]c2=O)c(C)c1. The second kappa shape index (κ2) is 9.16. The van der Waals surface area contributed by atoms with E-state index in [0.29, 0.717) is 16.7 Å². The van der Waals surface area contributed by atoms with Crippen LogP contribution in [0.5, 0.6) is 0 Å². The van der Waals surface area contributed by atoms with Crippen LogP contribution < -0.4 is 5.56 Å². The average molecular weight is 476 g/mol. The molecule has 6 nitrogen and oxygen atoms in total. The number of sulfonamides is 1. The molecule has 1 N–H and O–H groups in total. The second-order valence-electron chi connectivity index (χ2n) is 8.97. The first-order chi connectivity index (χ1) is 16.1. The Balaban J connectivity index is 1.86. The van der Waals surface area contributed by atoms with E-state index < -0.39 is 10.0 Å². The Morgan fingerprint density at radius 3 is 2.21 bits per heavy atom. The molecule has 2 aromatic carbocycles. The molecule has 2 aromatic heterocycles. The molecule has 0 unspecified atom stereocenters. The van der Waals surface area contributed by atoms with Crippen LogP contribution in [-0.4, -0.2) is 22.7 Å². The van der Waals surface area contributed by atoms with Gasteiger partial charge in [-0.2, -0.15) is 4.31 Å². The Morgan fingerprint density at radius 1 is 0.882 bits per heavy atom. The second-order valence-corrected chi connectivity index (χ2v) is 10.8. The lowest BCUT2D eigenvalue weighted by Crippen LogP contribution is -2.33. The maximum absolute atomic E-state index is 14.0. The van der Waals surface area contributed by atoms with Crippen LogP contribution in [0.4, 0.5) is 0 Å². The van der Waals surface area contributed by atoms with Crippen LogP contribution >= 0.6 is 0 Å². The van der Waals surface area contributed by atoms with E-state index in [-0.39, 0.29) is 23.5 Å². The standard InChI is InChI=1S/C27H29N3O3S/c1-17-11-20(4)26(21(5)12-17)34(32,33)30(15-22-7-6-10-28-14-22)16-23-13-24-18(2)8-9-19(3)25(24)29-27(23)31/h6-14H,15-16H2,1-5H3,(H,29,31). The summed E-state index contributed by atoms with van der Waals surface area (Å²) in [7, 11) is -3.91. The van der Waals surface area contributed by atoms with Crippen molar-refractivity contribution in [2.75, 3.05) is 0 Å². The molecule has 176 valence electrons. The molecule has 0 fully saturated rings. The number of nitrogens with one attached hydrogen (secondary N) is 1. The van der Waals surface area contributed by atoms with E-state index in [2.05, 4.69) is 9.97 Å². The zero-order chi connectivity index (χ0) is 24.6. The van der Waals surface area contributed by atoms with Gasteiger partial charge in [0.25, 0.3) is 5.56 Å². The lowest BCUT2D eigenvalue weighted by Gasteiger charge is -2.24. The maximum atomic E-state index is 14.0. The zero-order valence-electron chi connectivity index (χ0n) is 20.1.